The van der Waals surface area contributed by atoms with Crippen LogP contribution in [0.3, 0.4) is 0 Å². The second kappa shape index (κ2) is 7.34. The molecule has 2 N–H and O–H groups in total. The molecule has 5 heteroatoms. The Kier molecular flexibility index (Phi) is 4.99. The quantitative estimate of drug-likeness (QED) is 0.883. The molecule has 3 rings (SSSR count). The summed E-state index contributed by atoms with van der Waals surface area (Å²) < 4.78 is 0. The van der Waals surface area contributed by atoms with E-state index in [1.807, 2.05) is 32.3 Å². The lowest BCUT2D eigenvalue weighted by atomic mass is 10.2. The summed E-state index contributed by atoms with van der Waals surface area (Å²) in [5, 5.41) is 6.39. The van der Waals surface area contributed by atoms with Crippen molar-refractivity contribution in [3.05, 3.63) is 48.3 Å². The van der Waals surface area contributed by atoms with Crippen molar-refractivity contribution in [2.45, 2.75) is 31.7 Å². The molecule has 0 spiro atoms. The van der Waals surface area contributed by atoms with Crippen molar-refractivity contribution < 1.29 is 4.79 Å². The third-order valence-corrected chi connectivity index (χ3v) is 4.36. The highest BCUT2D eigenvalue weighted by atomic mass is 16.1. The Hall–Kier alpha value is -2.56. The number of carbonyl (C=O) groups excluding carboxylic acids is 1. The predicted octanol–water partition coefficient (Wildman–Crippen LogP) is 3.56. The molecule has 0 aliphatic heterocycles. The topological polar surface area (TPSA) is 57.3 Å². The van der Waals surface area contributed by atoms with E-state index in [4.69, 9.17) is 0 Å². The third-order valence-electron chi connectivity index (χ3n) is 4.36. The highest BCUT2D eigenvalue weighted by Gasteiger charge is 2.18. The van der Waals surface area contributed by atoms with Crippen LogP contribution in [0.2, 0.25) is 0 Å². The molecule has 1 aliphatic rings. The number of pyridine rings is 1. The van der Waals surface area contributed by atoms with E-state index < -0.39 is 0 Å². The summed E-state index contributed by atoms with van der Waals surface area (Å²) in [5.41, 5.74) is 3.44. The van der Waals surface area contributed by atoms with Crippen molar-refractivity contribution in [3.63, 3.8) is 0 Å². The van der Waals surface area contributed by atoms with Gasteiger partial charge in [-0.25, -0.2) is 0 Å². The highest BCUT2D eigenvalue weighted by molar-refractivity contribution is 5.93. The lowest BCUT2D eigenvalue weighted by Crippen LogP contribution is -2.33. The van der Waals surface area contributed by atoms with E-state index in [1.54, 1.807) is 12.3 Å². The maximum atomic E-state index is 12.3. The average Bonchev–Trinajstić information content (AvgIpc) is 3.08. The van der Waals surface area contributed by atoms with Crippen molar-refractivity contribution in [3.8, 4) is 0 Å². The Morgan fingerprint density at radius 1 is 1.08 bits per heavy atom. The number of aromatic nitrogens is 1. The first kappa shape index (κ1) is 16.3. The van der Waals surface area contributed by atoms with E-state index >= 15 is 0 Å². The minimum absolute atomic E-state index is 0.0893. The first-order chi connectivity index (χ1) is 11.6. The SMILES string of the molecule is CN(C)c1ccc(Nc2ccnc(C(=O)NC3CCCC3)c2)cc1. The normalized spacial score (nSPS) is 14.4. The summed E-state index contributed by atoms with van der Waals surface area (Å²) in [5.74, 6) is -0.0893. The van der Waals surface area contributed by atoms with Gasteiger partial charge < -0.3 is 15.5 Å². The Bertz CT molecular complexity index is 691. The summed E-state index contributed by atoms with van der Waals surface area (Å²) in [7, 11) is 4.03. The van der Waals surface area contributed by atoms with Crippen LogP contribution in [-0.4, -0.2) is 31.0 Å². The van der Waals surface area contributed by atoms with Gasteiger partial charge in [0.05, 0.1) is 0 Å². The largest absolute Gasteiger partial charge is 0.378 e. The van der Waals surface area contributed by atoms with Crippen LogP contribution in [-0.2, 0) is 0 Å². The molecule has 1 amide bonds. The molecule has 2 aromatic rings. The molecular formula is C19H24N4O. The maximum Gasteiger partial charge on any atom is 0.270 e. The molecule has 0 saturated heterocycles. The van der Waals surface area contributed by atoms with Gasteiger partial charge in [-0.1, -0.05) is 12.8 Å². The van der Waals surface area contributed by atoms with E-state index in [0.29, 0.717) is 11.7 Å². The fourth-order valence-electron chi connectivity index (χ4n) is 2.97. The number of amides is 1. The molecule has 24 heavy (non-hydrogen) atoms. The van der Waals surface area contributed by atoms with Crippen LogP contribution in [0.25, 0.3) is 0 Å². The highest BCUT2D eigenvalue weighted by Crippen LogP contribution is 2.21. The summed E-state index contributed by atoms with van der Waals surface area (Å²) in [6, 6.07) is 12.1. The molecule has 0 atom stereocenters. The number of hydrogen-bond acceptors (Lipinski definition) is 4. The van der Waals surface area contributed by atoms with Crippen molar-refractivity contribution >= 4 is 23.0 Å². The number of benzene rings is 1. The van der Waals surface area contributed by atoms with Gasteiger partial charge in [0, 0.05) is 43.4 Å². The van der Waals surface area contributed by atoms with Crippen molar-refractivity contribution in [1.82, 2.24) is 10.3 Å². The predicted molar refractivity (Wildman–Crippen MR) is 98.0 cm³/mol. The van der Waals surface area contributed by atoms with Gasteiger partial charge in [0.2, 0.25) is 0 Å². The second-order valence-electron chi connectivity index (χ2n) is 6.45. The van der Waals surface area contributed by atoms with E-state index in [1.165, 1.54) is 12.8 Å². The van der Waals surface area contributed by atoms with Gasteiger partial charge in [-0.05, 0) is 49.2 Å². The van der Waals surface area contributed by atoms with E-state index in [-0.39, 0.29) is 5.91 Å². The monoisotopic (exact) mass is 324 g/mol. The van der Waals surface area contributed by atoms with Crippen molar-refractivity contribution in [1.29, 1.82) is 0 Å². The van der Waals surface area contributed by atoms with Gasteiger partial charge in [-0.2, -0.15) is 0 Å². The van der Waals surface area contributed by atoms with Crippen LogP contribution in [0, 0.1) is 0 Å². The molecule has 0 unspecified atom stereocenters. The lowest BCUT2D eigenvalue weighted by Gasteiger charge is -2.14. The Morgan fingerprint density at radius 3 is 2.46 bits per heavy atom. The number of anilines is 3. The van der Waals surface area contributed by atoms with Gasteiger partial charge in [0.25, 0.3) is 5.91 Å². The molecule has 5 nitrogen and oxygen atoms in total. The molecule has 1 aliphatic carbocycles. The van der Waals surface area contributed by atoms with Gasteiger partial charge >= 0.3 is 0 Å². The third kappa shape index (κ3) is 4.04. The standard InChI is InChI=1S/C19H24N4O/c1-23(2)17-9-7-15(8-10-17)21-16-11-12-20-18(13-16)19(24)22-14-5-3-4-6-14/h7-14H,3-6H2,1-2H3,(H,20,21)(H,22,24). The number of nitrogens with zero attached hydrogens (tertiary/aromatic N) is 2. The van der Waals surface area contributed by atoms with Crippen LogP contribution in [0.1, 0.15) is 36.2 Å². The van der Waals surface area contributed by atoms with Crippen LogP contribution in [0.5, 0.6) is 0 Å². The van der Waals surface area contributed by atoms with Gasteiger partial charge in [0.1, 0.15) is 5.69 Å². The Morgan fingerprint density at radius 2 is 1.79 bits per heavy atom. The molecule has 0 radical (unpaired) electrons. The van der Waals surface area contributed by atoms with Crippen LogP contribution in [0.4, 0.5) is 17.1 Å². The zero-order chi connectivity index (χ0) is 16.9. The van der Waals surface area contributed by atoms with Crippen LogP contribution in [0.15, 0.2) is 42.6 Å². The van der Waals surface area contributed by atoms with E-state index in [0.717, 1.165) is 29.9 Å². The Balaban J connectivity index is 1.67. The number of hydrogen-bond donors (Lipinski definition) is 2. The minimum atomic E-state index is -0.0893. The average molecular weight is 324 g/mol. The fraction of sp³-hybridized carbons (Fsp3) is 0.368. The summed E-state index contributed by atoms with van der Waals surface area (Å²) in [4.78, 5) is 18.6. The summed E-state index contributed by atoms with van der Waals surface area (Å²) >= 11 is 0. The number of nitrogens with one attached hydrogen (secondary N) is 2. The molecule has 1 saturated carbocycles. The first-order valence-electron chi connectivity index (χ1n) is 8.43. The molecule has 1 heterocycles. The van der Waals surface area contributed by atoms with E-state index in [2.05, 4.69) is 32.7 Å². The number of rotatable bonds is 5. The molecular weight excluding hydrogens is 300 g/mol. The zero-order valence-corrected chi connectivity index (χ0v) is 14.2. The maximum absolute atomic E-state index is 12.3. The minimum Gasteiger partial charge on any atom is -0.378 e. The molecule has 1 aromatic heterocycles. The number of carbonyl (C=O) groups is 1. The zero-order valence-electron chi connectivity index (χ0n) is 14.2. The van der Waals surface area contributed by atoms with Gasteiger partial charge in [0.15, 0.2) is 0 Å². The van der Waals surface area contributed by atoms with Crippen LogP contribution < -0.4 is 15.5 Å². The second-order valence-corrected chi connectivity index (χ2v) is 6.45. The smallest absolute Gasteiger partial charge is 0.270 e. The Labute approximate surface area is 143 Å². The van der Waals surface area contributed by atoms with Crippen molar-refractivity contribution in [2.75, 3.05) is 24.3 Å². The summed E-state index contributed by atoms with van der Waals surface area (Å²) in [6.45, 7) is 0. The van der Waals surface area contributed by atoms with Crippen molar-refractivity contribution in [2.24, 2.45) is 0 Å². The van der Waals surface area contributed by atoms with Gasteiger partial charge in [-0.15, -0.1) is 0 Å². The van der Waals surface area contributed by atoms with Crippen LogP contribution >= 0.6 is 0 Å². The first-order valence-corrected chi connectivity index (χ1v) is 8.43. The van der Waals surface area contributed by atoms with Gasteiger partial charge in [-0.3, -0.25) is 9.78 Å². The molecule has 1 fully saturated rings. The molecule has 0 bridgehead atoms. The molecule has 126 valence electrons. The fourth-order valence-corrected chi connectivity index (χ4v) is 2.97. The van der Waals surface area contributed by atoms with E-state index in [9.17, 15) is 4.79 Å². The lowest BCUT2D eigenvalue weighted by molar-refractivity contribution is 0.0933. The summed E-state index contributed by atoms with van der Waals surface area (Å²) in [6.07, 6.45) is 6.20. The molecule has 1 aromatic carbocycles.